The number of nitrogens with one attached hydrogen (secondary N) is 1. The fourth-order valence-corrected chi connectivity index (χ4v) is 3.86. The van der Waals surface area contributed by atoms with E-state index in [1.54, 1.807) is 0 Å². The Hall–Kier alpha value is -2.89. The number of carbonyl (C=O) groups is 2. The zero-order valence-corrected chi connectivity index (χ0v) is 16.4. The van der Waals surface area contributed by atoms with Gasteiger partial charge in [-0.25, -0.2) is 0 Å². The number of aliphatic carboxylic acids is 1. The van der Waals surface area contributed by atoms with Crippen LogP contribution in [0.25, 0.3) is 0 Å². The number of hydrogen-bond acceptors (Lipinski definition) is 3. The van der Waals surface area contributed by atoms with Crippen molar-refractivity contribution in [2.45, 2.75) is 58.0 Å². The van der Waals surface area contributed by atoms with E-state index in [-0.39, 0.29) is 30.7 Å². The average Bonchev–Trinajstić information content (AvgIpc) is 3.19. The minimum atomic E-state index is -0.868. The first-order valence-corrected chi connectivity index (χ1v) is 9.71. The number of rotatable bonds is 8. The number of aromatic nitrogens is 2. The summed E-state index contributed by atoms with van der Waals surface area (Å²) >= 11 is 0. The molecule has 2 N–H and O–H groups in total. The van der Waals surface area contributed by atoms with Crippen molar-refractivity contribution in [3.05, 3.63) is 65.0 Å². The standard InChI is InChI=1S/C22H27N3O3/c1-15-22(16(2)25(24-15)14-17-7-4-3-5-8-17)18-11-12-19(13-18)23-20(26)9-6-10-21(27)28/h3-5,7-8,11-12,18-19H,6,9-10,13-14H2,1-2H3,(H,23,26)(H,27,28)/t18-,19-/m1/s1. The van der Waals surface area contributed by atoms with Gasteiger partial charge in [-0.1, -0.05) is 42.5 Å². The van der Waals surface area contributed by atoms with Crippen molar-refractivity contribution < 1.29 is 14.7 Å². The van der Waals surface area contributed by atoms with Crippen molar-refractivity contribution in [2.75, 3.05) is 0 Å². The Balaban J connectivity index is 1.60. The predicted molar refractivity (Wildman–Crippen MR) is 107 cm³/mol. The Labute approximate surface area is 165 Å². The van der Waals surface area contributed by atoms with Crippen molar-refractivity contribution in [1.29, 1.82) is 0 Å². The maximum atomic E-state index is 12.0. The van der Waals surface area contributed by atoms with Crippen LogP contribution in [0.3, 0.4) is 0 Å². The van der Waals surface area contributed by atoms with Gasteiger partial charge in [-0.2, -0.15) is 5.10 Å². The van der Waals surface area contributed by atoms with Crippen LogP contribution in [0.4, 0.5) is 0 Å². The van der Waals surface area contributed by atoms with Gasteiger partial charge in [0, 0.05) is 36.1 Å². The molecule has 2 aromatic rings. The van der Waals surface area contributed by atoms with Crippen LogP contribution in [0.1, 0.15) is 54.1 Å². The molecular weight excluding hydrogens is 354 g/mol. The van der Waals surface area contributed by atoms with E-state index in [1.165, 1.54) is 11.1 Å². The third-order valence-electron chi connectivity index (χ3n) is 5.21. The Kier molecular flexibility index (Phi) is 6.29. The predicted octanol–water partition coefficient (Wildman–Crippen LogP) is 3.33. The fraction of sp³-hybridized carbons (Fsp3) is 0.409. The van der Waals surface area contributed by atoms with Crippen LogP contribution in [0, 0.1) is 13.8 Å². The molecule has 0 radical (unpaired) electrons. The SMILES string of the molecule is Cc1nn(Cc2ccccc2)c(C)c1[C@@H]1C=C[C@@H](NC(=O)CCCC(=O)O)C1. The van der Waals surface area contributed by atoms with Gasteiger partial charge in [-0.05, 0) is 32.3 Å². The number of aryl methyl sites for hydroxylation is 1. The molecule has 3 rings (SSSR count). The molecule has 28 heavy (non-hydrogen) atoms. The smallest absolute Gasteiger partial charge is 0.303 e. The number of hydrogen-bond donors (Lipinski definition) is 2. The molecule has 1 aliphatic rings. The highest BCUT2D eigenvalue weighted by molar-refractivity contribution is 5.77. The maximum absolute atomic E-state index is 12.0. The Morgan fingerprint density at radius 1 is 1.18 bits per heavy atom. The molecule has 6 nitrogen and oxygen atoms in total. The van der Waals surface area contributed by atoms with Crippen molar-refractivity contribution in [2.24, 2.45) is 0 Å². The van der Waals surface area contributed by atoms with Crippen molar-refractivity contribution in [3.63, 3.8) is 0 Å². The molecule has 148 valence electrons. The number of benzene rings is 1. The number of amides is 1. The highest BCUT2D eigenvalue weighted by Crippen LogP contribution is 2.33. The Morgan fingerprint density at radius 3 is 2.64 bits per heavy atom. The Bertz CT molecular complexity index is 871. The van der Waals surface area contributed by atoms with E-state index in [9.17, 15) is 9.59 Å². The van der Waals surface area contributed by atoms with E-state index >= 15 is 0 Å². The van der Waals surface area contributed by atoms with Gasteiger partial charge in [0.05, 0.1) is 12.2 Å². The van der Waals surface area contributed by atoms with Crippen LogP contribution < -0.4 is 5.32 Å². The lowest BCUT2D eigenvalue weighted by molar-refractivity contribution is -0.137. The molecule has 1 amide bonds. The monoisotopic (exact) mass is 381 g/mol. The molecule has 1 aromatic heterocycles. The number of carboxylic acid groups (broad SMARTS) is 1. The molecule has 0 saturated carbocycles. The highest BCUT2D eigenvalue weighted by atomic mass is 16.4. The third-order valence-corrected chi connectivity index (χ3v) is 5.21. The molecule has 0 fully saturated rings. The van der Waals surface area contributed by atoms with Crippen LogP contribution in [0.5, 0.6) is 0 Å². The molecule has 1 heterocycles. The summed E-state index contributed by atoms with van der Waals surface area (Å²) in [5.74, 6) is -0.731. The summed E-state index contributed by atoms with van der Waals surface area (Å²) in [6.07, 6.45) is 5.62. The van der Waals surface area contributed by atoms with Gasteiger partial charge >= 0.3 is 5.97 Å². The quantitative estimate of drug-likeness (QED) is 0.687. The third kappa shape index (κ3) is 4.88. The first-order chi connectivity index (χ1) is 13.4. The van der Waals surface area contributed by atoms with E-state index in [0.29, 0.717) is 6.42 Å². The Morgan fingerprint density at radius 2 is 1.93 bits per heavy atom. The lowest BCUT2D eigenvalue weighted by Crippen LogP contribution is -2.32. The zero-order valence-electron chi connectivity index (χ0n) is 16.4. The number of carbonyl (C=O) groups excluding carboxylic acids is 1. The molecule has 1 aliphatic carbocycles. The zero-order chi connectivity index (χ0) is 20.1. The summed E-state index contributed by atoms with van der Waals surface area (Å²) in [7, 11) is 0. The van der Waals surface area contributed by atoms with Crippen LogP contribution in [-0.4, -0.2) is 32.8 Å². The lowest BCUT2D eigenvalue weighted by Gasteiger charge is -2.15. The summed E-state index contributed by atoms with van der Waals surface area (Å²) in [6.45, 7) is 4.88. The summed E-state index contributed by atoms with van der Waals surface area (Å²) in [6, 6.07) is 10.3. The summed E-state index contributed by atoms with van der Waals surface area (Å²) in [5.41, 5.74) is 4.63. The topological polar surface area (TPSA) is 84.2 Å². The molecule has 0 unspecified atom stereocenters. The molecule has 0 bridgehead atoms. The molecule has 2 atom stereocenters. The van der Waals surface area contributed by atoms with Gasteiger partial charge in [0.2, 0.25) is 5.91 Å². The number of carboxylic acids is 1. The van der Waals surface area contributed by atoms with Crippen LogP contribution in [0.15, 0.2) is 42.5 Å². The average molecular weight is 381 g/mol. The van der Waals surface area contributed by atoms with E-state index in [4.69, 9.17) is 10.2 Å². The minimum absolute atomic E-state index is 0.0152. The molecule has 0 aliphatic heterocycles. The fourth-order valence-electron chi connectivity index (χ4n) is 3.86. The van der Waals surface area contributed by atoms with Crippen molar-refractivity contribution in [1.82, 2.24) is 15.1 Å². The van der Waals surface area contributed by atoms with Gasteiger partial charge in [0.25, 0.3) is 0 Å². The molecule has 0 spiro atoms. The van der Waals surface area contributed by atoms with Gasteiger partial charge in [-0.15, -0.1) is 0 Å². The van der Waals surface area contributed by atoms with Gasteiger partial charge < -0.3 is 10.4 Å². The normalized spacial score (nSPS) is 18.4. The first kappa shape index (κ1) is 19.9. The second-order valence-electron chi connectivity index (χ2n) is 7.38. The van der Waals surface area contributed by atoms with Crippen LogP contribution in [-0.2, 0) is 16.1 Å². The summed E-state index contributed by atoms with van der Waals surface area (Å²) in [5, 5.41) is 16.4. The van der Waals surface area contributed by atoms with Gasteiger partial charge in [0.1, 0.15) is 0 Å². The van der Waals surface area contributed by atoms with Gasteiger partial charge in [0.15, 0.2) is 0 Å². The summed E-state index contributed by atoms with van der Waals surface area (Å²) < 4.78 is 2.05. The van der Waals surface area contributed by atoms with Gasteiger partial charge in [-0.3, -0.25) is 14.3 Å². The maximum Gasteiger partial charge on any atom is 0.303 e. The molecular formula is C22H27N3O3. The van der Waals surface area contributed by atoms with Crippen molar-refractivity contribution >= 4 is 11.9 Å². The second-order valence-corrected chi connectivity index (χ2v) is 7.38. The lowest BCUT2D eigenvalue weighted by atomic mass is 9.96. The molecule has 1 aromatic carbocycles. The van der Waals surface area contributed by atoms with E-state index in [2.05, 4.69) is 30.4 Å². The largest absolute Gasteiger partial charge is 0.481 e. The summed E-state index contributed by atoms with van der Waals surface area (Å²) in [4.78, 5) is 22.6. The number of allylic oxidation sites excluding steroid dienone is 1. The number of nitrogens with zero attached hydrogens (tertiary/aromatic N) is 2. The van der Waals surface area contributed by atoms with Crippen molar-refractivity contribution in [3.8, 4) is 0 Å². The first-order valence-electron chi connectivity index (χ1n) is 9.71. The molecule has 6 heteroatoms. The molecule has 0 saturated heterocycles. The van der Waals surface area contributed by atoms with Crippen LogP contribution in [0.2, 0.25) is 0 Å². The highest BCUT2D eigenvalue weighted by Gasteiger charge is 2.26. The van der Waals surface area contributed by atoms with E-state index in [0.717, 1.165) is 24.4 Å². The minimum Gasteiger partial charge on any atom is -0.481 e. The van der Waals surface area contributed by atoms with E-state index < -0.39 is 5.97 Å². The van der Waals surface area contributed by atoms with E-state index in [1.807, 2.05) is 35.9 Å². The van der Waals surface area contributed by atoms with Crippen LogP contribution >= 0.6 is 0 Å². The second kappa shape index (κ2) is 8.87.